The number of rotatable bonds is 33. The molecule has 22 heteroatoms. The third-order valence-electron chi connectivity index (χ3n) is 12.5. The average molecular weight is 1040 g/mol. The maximum absolute atomic E-state index is 12.7. The Morgan fingerprint density at radius 2 is 0.500 bits per heavy atom. The maximum atomic E-state index is 12.7. The molecule has 0 aromatic carbocycles. The first-order valence-electron chi connectivity index (χ1n) is 26.0. The second-order valence-corrected chi connectivity index (χ2v) is 43.6. The molecule has 372 valence electrons. The molecule has 6 heterocycles. The Hall–Kier alpha value is 0.465. The van der Waals surface area contributed by atoms with E-state index in [2.05, 4.69) is 55.0 Å². The van der Waals surface area contributed by atoms with Crippen LogP contribution in [0.1, 0.15) is 197 Å². The zero-order valence-electron chi connectivity index (χ0n) is 41.3. The minimum Gasteiger partial charge on any atom is -0.462 e. The van der Waals surface area contributed by atoms with Gasteiger partial charge in [0.1, 0.15) is 0 Å². The van der Waals surface area contributed by atoms with Crippen molar-refractivity contribution in [2.75, 3.05) is 6.61 Å². The summed E-state index contributed by atoms with van der Waals surface area (Å²) in [5.74, 6) is -0.436. The van der Waals surface area contributed by atoms with E-state index in [-0.39, 0.29) is 6.61 Å². The van der Waals surface area contributed by atoms with Crippen molar-refractivity contribution >= 4 is 76.4 Å². The monoisotopic (exact) mass is 1040 g/mol. The summed E-state index contributed by atoms with van der Waals surface area (Å²) in [7, 11) is -31.6. The molecule has 0 aromatic heterocycles. The standard InChI is InChI=1S/C42H88O14Si8/c1-10-17-24-33-57-45-58(34-25-18-11-2)48-61(37-28-21-14-5)50-59(46-57,35-26-19-12-3)52-63(39-30-23-16-7)53-60(47-57,36-27-20-13-4)51-62(49-58,38-29-22-15-6)55-64(54-61,56-63)40-31-32-44-42(43)41(8)9/h8,10-40H2,1-7,9H3. The van der Waals surface area contributed by atoms with Crippen molar-refractivity contribution in [1.29, 1.82) is 0 Å². The van der Waals surface area contributed by atoms with Crippen molar-refractivity contribution < 1.29 is 58.9 Å². The lowest BCUT2D eigenvalue weighted by molar-refractivity contribution is -0.139. The number of carbonyl (C=O) groups is 1. The zero-order chi connectivity index (χ0) is 46.3. The summed E-state index contributed by atoms with van der Waals surface area (Å²) in [6, 6.07) is 4.01. The normalized spacial score (nSPS) is 35.4. The van der Waals surface area contributed by atoms with E-state index in [0.717, 1.165) is 135 Å². The predicted octanol–water partition coefficient (Wildman–Crippen LogP) is 12.6. The third kappa shape index (κ3) is 14.8. The molecule has 64 heavy (non-hydrogen) atoms. The van der Waals surface area contributed by atoms with E-state index >= 15 is 0 Å². The SMILES string of the molecule is C=C(C)C(=O)OCCC[Si]12O[Si]3(CCCCC)O[Si]4(CCCCC)O[Si]5(CCCCC)O[Si](CCCCC)(O3)O[Si](CCCCC)(O[Si](CCCCC)(O5)O[Si](CCCCC)(O4)O1)O2. The molecule has 6 rings (SSSR count). The lowest BCUT2D eigenvalue weighted by atomic mass is 10.3. The Bertz CT molecular complexity index is 1300. The number of ether oxygens (including phenoxy) is 1. The highest BCUT2D eigenvalue weighted by Gasteiger charge is 2.82. The molecule has 6 aliphatic heterocycles. The Labute approximate surface area is 397 Å². The quantitative estimate of drug-likeness (QED) is 0.0267. The van der Waals surface area contributed by atoms with Gasteiger partial charge in [0.2, 0.25) is 0 Å². The van der Waals surface area contributed by atoms with Crippen LogP contribution in [-0.2, 0) is 58.9 Å². The molecule has 14 nitrogen and oxygen atoms in total. The number of hydrogen-bond donors (Lipinski definition) is 0. The van der Waals surface area contributed by atoms with Crippen LogP contribution >= 0.6 is 0 Å². The van der Waals surface area contributed by atoms with E-state index in [4.69, 9.17) is 54.1 Å². The summed E-state index contributed by atoms with van der Waals surface area (Å²) in [6.07, 6.45) is 20.0. The van der Waals surface area contributed by atoms with E-state index in [1.807, 2.05) is 0 Å². The molecule has 0 saturated carbocycles. The zero-order valence-corrected chi connectivity index (χ0v) is 49.3. The number of carbonyl (C=O) groups excluding carboxylic acids is 1. The second-order valence-electron chi connectivity index (χ2n) is 18.9. The largest absolute Gasteiger partial charge is 0.479 e. The van der Waals surface area contributed by atoms with Crippen molar-refractivity contribution in [3.05, 3.63) is 12.2 Å². The molecule has 6 fully saturated rings. The van der Waals surface area contributed by atoms with Gasteiger partial charge in [0.15, 0.2) is 0 Å². The van der Waals surface area contributed by atoms with Gasteiger partial charge in [0, 0.05) is 53.9 Å². The summed E-state index contributed by atoms with van der Waals surface area (Å²) in [6.45, 7) is 21.1. The predicted molar refractivity (Wildman–Crippen MR) is 265 cm³/mol. The van der Waals surface area contributed by atoms with Crippen LogP contribution in [0.25, 0.3) is 0 Å². The first kappa shape index (κ1) is 55.4. The summed E-state index contributed by atoms with van der Waals surface area (Å²) >= 11 is 0. The van der Waals surface area contributed by atoms with Gasteiger partial charge in [-0.25, -0.2) is 4.79 Å². The molecule has 0 unspecified atom stereocenters. The highest BCUT2D eigenvalue weighted by molar-refractivity contribution is 7.03. The van der Waals surface area contributed by atoms with Crippen LogP contribution in [0.5, 0.6) is 0 Å². The third-order valence-corrected chi connectivity index (χ3v) is 50.1. The van der Waals surface area contributed by atoms with Gasteiger partial charge in [-0.15, -0.1) is 0 Å². The van der Waals surface area contributed by atoms with Crippen molar-refractivity contribution in [2.24, 2.45) is 0 Å². The van der Waals surface area contributed by atoms with E-state index in [0.29, 0.717) is 60.3 Å². The van der Waals surface area contributed by atoms with Crippen molar-refractivity contribution in [1.82, 2.24) is 0 Å². The van der Waals surface area contributed by atoms with Crippen LogP contribution in [0.15, 0.2) is 12.2 Å². The lowest BCUT2D eigenvalue weighted by Gasteiger charge is -2.63. The van der Waals surface area contributed by atoms with Crippen LogP contribution in [0.4, 0.5) is 0 Å². The lowest BCUT2D eigenvalue weighted by Crippen LogP contribution is -2.88. The van der Waals surface area contributed by atoms with E-state index in [1.54, 1.807) is 6.92 Å². The van der Waals surface area contributed by atoms with Crippen LogP contribution in [0.2, 0.25) is 48.4 Å². The van der Waals surface area contributed by atoms with Gasteiger partial charge in [0.25, 0.3) is 0 Å². The first-order valence-corrected chi connectivity index (χ1v) is 41.4. The second kappa shape index (κ2) is 25.5. The topological polar surface area (TPSA) is 137 Å². The molecule has 6 saturated heterocycles. The smallest absolute Gasteiger partial charge is 0.462 e. The minimum atomic E-state index is -4.08. The first-order chi connectivity index (χ1) is 30.7. The number of unbranched alkanes of at least 4 members (excludes halogenated alkanes) is 14. The molecule has 6 aliphatic rings. The van der Waals surface area contributed by atoms with E-state index < -0.39 is 76.4 Å². The Morgan fingerprint density at radius 3 is 0.656 bits per heavy atom. The van der Waals surface area contributed by atoms with Crippen molar-refractivity contribution in [3.8, 4) is 0 Å². The summed E-state index contributed by atoms with van der Waals surface area (Å²) in [5.41, 5.74) is 0.347. The minimum absolute atomic E-state index is 0.128. The average Bonchev–Trinajstić information content (AvgIpc) is 3.20. The molecule has 8 bridgehead atoms. The van der Waals surface area contributed by atoms with E-state index in [1.165, 1.54) is 0 Å². The molecule has 0 aromatic rings. The molecule has 0 radical (unpaired) electrons. The molecule has 0 N–H and O–H groups in total. The Balaban J connectivity index is 1.86. The van der Waals surface area contributed by atoms with E-state index in [9.17, 15) is 4.79 Å². The van der Waals surface area contributed by atoms with Gasteiger partial charge >= 0.3 is 76.4 Å². The summed E-state index contributed by atoms with van der Waals surface area (Å²) in [4.78, 5) is 12.7. The Morgan fingerprint density at radius 1 is 0.328 bits per heavy atom. The molecular weight excluding hydrogens is 953 g/mol. The molecular formula is C42H88O14Si8. The summed E-state index contributed by atoms with van der Waals surface area (Å²) in [5, 5.41) is 0. The fourth-order valence-corrected chi connectivity index (χ4v) is 60.2. The molecule has 0 aliphatic carbocycles. The van der Waals surface area contributed by atoms with Gasteiger partial charge in [-0.3, -0.25) is 0 Å². The van der Waals surface area contributed by atoms with Gasteiger partial charge in [0.05, 0.1) is 6.61 Å². The van der Waals surface area contributed by atoms with Gasteiger partial charge in [-0.2, -0.15) is 0 Å². The van der Waals surface area contributed by atoms with Crippen molar-refractivity contribution in [2.45, 2.75) is 245 Å². The van der Waals surface area contributed by atoms with Crippen LogP contribution in [0.3, 0.4) is 0 Å². The van der Waals surface area contributed by atoms with Gasteiger partial charge in [-0.1, -0.05) is 145 Å². The highest BCUT2D eigenvalue weighted by atomic mass is 28.6. The molecule has 0 atom stereocenters. The highest BCUT2D eigenvalue weighted by Crippen LogP contribution is 2.55. The number of esters is 1. The van der Waals surface area contributed by atoms with Crippen LogP contribution in [0, 0.1) is 0 Å². The summed E-state index contributed by atoms with van der Waals surface area (Å²) < 4.78 is 101. The van der Waals surface area contributed by atoms with Crippen LogP contribution in [-0.4, -0.2) is 83.0 Å². The van der Waals surface area contributed by atoms with Gasteiger partial charge < -0.3 is 54.1 Å². The fraction of sp³-hybridized carbons (Fsp3) is 0.929. The Kier molecular flexibility index (Phi) is 22.1. The van der Waals surface area contributed by atoms with Gasteiger partial charge in [-0.05, 0) is 58.3 Å². The maximum Gasteiger partial charge on any atom is 0.479 e. The van der Waals surface area contributed by atoms with Crippen molar-refractivity contribution in [3.63, 3.8) is 0 Å². The molecule has 0 amide bonds. The number of hydrogen-bond acceptors (Lipinski definition) is 14. The molecule has 0 spiro atoms. The fourth-order valence-electron chi connectivity index (χ4n) is 9.29. The van der Waals surface area contributed by atoms with Crippen LogP contribution < -0.4 is 0 Å².